The van der Waals surface area contributed by atoms with Crippen LogP contribution in [0.3, 0.4) is 0 Å². The minimum absolute atomic E-state index is 0.0213. The van der Waals surface area contributed by atoms with E-state index in [0.717, 1.165) is 26.1 Å². The summed E-state index contributed by atoms with van der Waals surface area (Å²) in [6.07, 6.45) is 1.42. The Bertz CT molecular complexity index is 329. The van der Waals surface area contributed by atoms with Crippen LogP contribution in [-0.4, -0.2) is 48.1 Å². The van der Waals surface area contributed by atoms with Gasteiger partial charge in [-0.3, -0.25) is 9.59 Å². The Hall–Kier alpha value is -1.10. The van der Waals surface area contributed by atoms with Crippen LogP contribution in [0.4, 0.5) is 0 Å². The molecule has 110 valence electrons. The summed E-state index contributed by atoms with van der Waals surface area (Å²) in [5.41, 5.74) is -0.485. The predicted molar refractivity (Wildman–Crippen MR) is 73.9 cm³/mol. The molecule has 1 aliphatic heterocycles. The van der Waals surface area contributed by atoms with Crippen LogP contribution in [0.2, 0.25) is 0 Å². The van der Waals surface area contributed by atoms with Gasteiger partial charge in [-0.1, -0.05) is 20.8 Å². The largest absolute Gasteiger partial charge is 0.481 e. The molecule has 1 heterocycles. The summed E-state index contributed by atoms with van der Waals surface area (Å²) in [6, 6.07) is 0. The number of hydrogen-bond donors (Lipinski definition) is 2. The van der Waals surface area contributed by atoms with Gasteiger partial charge in [0, 0.05) is 19.5 Å². The second-order valence-corrected chi connectivity index (χ2v) is 6.26. The third-order valence-corrected chi connectivity index (χ3v) is 3.67. The van der Waals surface area contributed by atoms with Crippen LogP contribution >= 0.6 is 0 Å². The van der Waals surface area contributed by atoms with E-state index >= 15 is 0 Å². The number of nitrogens with one attached hydrogen (secondary N) is 1. The van der Waals surface area contributed by atoms with E-state index in [2.05, 4.69) is 17.1 Å². The molecule has 1 rings (SSSR count). The molecule has 2 N–H and O–H groups in total. The molecule has 1 saturated heterocycles. The van der Waals surface area contributed by atoms with Crippen LogP contribution in [0, 0.1) is 11.3 Å². The molecule has 1 atom stereocenters. The van der Waals surface area contributed by atoms with Crippen LogP contribution in [-0.2, 0) is 9.59 Å². The Labute approximate surface area is 115 Å². The molecule has 0 saturated carbocycles. The third kappa shape index (κ3) is 6.05. The van der Waals surface area contributed by atoms with Gasteiger partial charge in [-0.2, -0.15) is 0 Å². The van der Waals surface area contributed by atoms with E-state index in [9.17, 15) is 9.59 Å². The van der Waals surface area contributed by atoms with Gasteiger partial charge in [0.05, 0.1) is 6.42 Å². The number of amides is 1. The number of hydrogen-bond acceptors (Lipinski definition) is 3. The summed E-state index contributed by atoms with van der Waals surface area (Å²) in [4.78, 5) is 24.9. The van der Waals surface area contributed by atoms with Gasteiger partial charge in [0.25, 0.3) is 0 Å². The van der Waals surface area contributed by atoms with Crippen LogP contribution < -0.4 is 5.32 Å². The van der Waals surface area contributed by atoms with Crippen molar-refractivity contribution in [1.29, 1.82) is 0 Å². The van der Waals surface area contributed by atoms with Crippen molar-refractivity contribution in [3.63, 3.8) is 0 Å². The van der Waals surface area contributed by atoms with E-state index in [4.69, 9.17) is 5.11 Å². The van der Waals surface area contributed by atoms with Crippen LogP contribution in [0.1, 0.15) is 40.0 Å². The summed E-state index contributed by atoms with van der Waals surface area (Å²) < 4.78 is 0. The highest BCUT2D eigenvalue weighted by molar-refractivity contribution is 5.77. The van der Waals surface area contributed by atoms with E-state index in [1.807, 2.05) is 13.8 Å². The molecule has 0 aromatic heterocycles. The first kappa shape index (κ1) is 16.0. The van der Waals surface area contributed by atoms with Crippen molar-refractivity contribution < 1.29 is 14.7 Å². The van der Waals surface area contributed by atoms with Gasteiger partial charge in [-0.15, -0.1) is 0 Å². The molecule has 0 spiro atoms. The SMILES string of the molecule is CCN1CCC(CNC(=O)CC(C)(C)CC(=O)O)C1. The van der Waals surface area contributed by atoms with Gasteiger partial charge in [-0.05, 0) is 30.8 Å². The first-order chi connectivity index (χ1) is 8.82. The highest BCUT2D eigenvalue weighted by atomic mass is 16.4. The van der Waals surface area contributed by atoms with Crippen molar-refractivity contribution in [3.05, 3.63) is 0 Å². The summed E-state index contributed by atoms with van der Waals surface area (Å²) in [5.74, 6) is -0.361. The Morgan fingerprint density at radius 2 is 2.05 bits per heavy atom. The van der Waals surface area contributed by atoms with Crippen molar-refractivity contribution in [3.8, 4) is 0 Å². The number of rotatable bonds is 7. The first-order valence-electron chi connectivity index (χ1n) is 7.03. The standard InChI is InChI=1S/C14H26N2O3/c1-4-16-6-5-11(10-16)9-15-12(17)7-14(2,3)8-13(18)19/h11H,4-10H2,1-3H3,(H,15,17)(H,18,19). The maximum atomic E-state index is 11.8. The number of carbonyl (C=O) groups excluding carboxylic acids is 1. The molecule has 0 radical (unpaired) electrons. The molecular formula is C14H26N2O3. The van der Waals surface area contributed by atoms with Crippen LogP contribution in [0.25, 0.3) is 0 Å². The van der Waals surface area contributed by atoms with Crippen molar-refractivity contribution in [2.24, 2.45) is 11.3 Å². The van der Waals surface area contributed by atoms with Crippen molar-refractivity contribution in [2.45, 2.75) is 40.0 Å². The molecule has 1 unspecified atom stereocenters. The van der Waals surface area contributed by atoms with Gasteiger partial charge in [0.2, 0.25) is 5.91 Å². The molecule has 0 aromatic carbocycles. The lowest BCUT2D eigenvalue weighted by atomic mass is 9.85. The zero-order valence-electron chi connectivity index (χ0n) is 12.2. The quantitative estimate of drug-likeness (QED) is 0.732. The minimum Gasteiger partial charge on any atom is -0.481 e. The lowest BCUT2D eigenvalue weighted by Gasteiger charge is -2.22. The molecular weight excluding hydrogens is 244 g/mol. The van der Waals surface area contributed by atoms with E-state index in [1.54, 1.807) is 0 Å². The highest BCUT2D eigenvalue weighted by Gasteiger charge is 2.26. The predicted octanol–water partition coefficient (Wildman–Crippen LogP) is 1.34. The molecule has 5 heteroatoms. The zero-order chi connectivity index (χ0) is 14.5. The summed E-state index contributed by atoms with van der Waals surface area (Å²) in [6.45, 7) is 9.71. The molecule has 0 bridgehead atoms. The molecule has 19 heavy (non-hydrogen) atoms. The lowest BCUT2D eigenvalue weighted by Crippen LogP contribution is -2.34. The molecule has 1 aliphatic rings. The fourth-order valence-corrected chi connectivity index (χ4v) is 2.59. The zero-order valence-corrected chi connectivity index (χ0v) is 12.2. The number of aliphatic carboxylic acids is 1. The fraction of sp³-hybridized carbons (Fsp3) is 0.857. The summed E-state index contributed by atoms with van der Waals surface area (Å²) >= 11 is 0. The molecule has 5 nitrogen and oxygen atoms in total. The molecule has 0 aromatic rings. The second kappa shape index (κ2) is 6.89. The third-order valence-electron chi connectivity index (χ3n) is 3.67. The van der Waals surface area contributed by atoms with Crippen molar-refractivity contribution in [1.82, 2.24) is 10.2 Å². The van der Waals surface area contributed by atoms with E-state index < -0.39 is 11.4 Å². The van der Waals surface area contributed by atoms with Gasteiger partial charge in [0.1, 0.15) is 0 Å². The fourth-order valence-electron chi connectivity index (χ4n) is 2.59. The van der Waals surface area contributed by atoms with Crippen molar-refractivity contribution >= 4 is 11.9 Å². The molecule has 1 amide bonds. The Morgan fingerprint density at radius 3 is 2.58 bits per heavy atom. The van der Waals surface area contributed by atoms with Gasteiger partial charge in [0.15, 0.2) is 0 Å². The topological polar surface area (TPSA) is 69.6 Å². The van der Waals surface area contributed by atoms with Gasteiger partial charge < -0.3 is 15.3 Å². The average molecular weight is 270 g/mol. The van der Waals surface area contributed by atoms with Crippen molar-refractivity contribution in [2.75, 3.05) is 26.2 Å². The smallest absolute Gasteiger partial charge is 0.303 e. The minimum atomic E-state index is -0.854. The normalized spacial score (nSPS) is 20.5. The monoisotopic (exact) mass is 270 g/mol. The number of nitrogens with zero attached hydrogens (tertiary/aromatic N) is 1. The first-order valence-corrected chi connectivity index (χ1v) is 7.03. The number of carboxylic acids is 1. The second-order valence-electron chi connectivity index (χ2n) is 6.26. The Kier molecular flexibility index (Phi) is 5.79. The molecule has 1 fully saturated rings. The maximum absolute atomic E-state index is 11.8. The summed E-state index contributed by atoms with van der Waals surface area (Å²) in [7, 11) is 0. The lowest BCUT2D eigenvalue weighted by molar-refractivity contribution is -0.139. The highest BCUT2D eigenvalue weighted by Crippen LogP contribution is 2.24. The van der Waals surface area contributed by atoms with Gasteiger partial charge >= 0.3 is 5.97 Å². The average Bonchev–Trinajstić information content (AvgIpc) is 2.71. The van der Waals surface area contributed by atoms with Gasteiger partial charge in [-0.25, -0.2) is 0 Å². The number of carboxylic acid groups (broad SMARTS) is 1. The molecule has 0 aliphatic carbocycles. The Balaban J connectivity index is 2.26. The van der Waals surface area contributed by atoms with E-state index in [1.165, 1.54) is 0 Å². The van der Waals surface area contributed by atoms with Crippen LogP contribution in [0.15, 0.2) is 0 Å². The van der Waals surface area contributed by atoms with E-state index in [-0.39, 0.29) is 18.7 Å². The van der Waals surface area contributed by atoms with Crippen LogP contribution in [0.5, 0.6) is 0 Å². The maximum Gasteiger partial charge on any atom is 0.303 e. The summed E-state index contributed by atoms with van der Waals surface area (Å²) in [5, 5.41) is 11.7. The number of carbonyl (C=O) groups is 2. The number of likely N-dealkylation sites (tertiary alicyclic amines) is 1. The van der Waals surface area contributed by atoms with E-state index in [0.29, 0.717) is 12.5 Å². The Morgan fingerprint density at radius 1 is 1.37 bits per heavy atom.